The van der Waals surface area contributed by atoms with E-state index < -0.39 is 0 Å². The standard InChI is InChI=1S/C46H29NS2/c1-2-10-30(11-3-1)31-20-23-34(24-21-31)47(36-25-27-39-40-26-22-32-12-4-5-15-38(32)46(40)49-44(39)29-36)35-14-8-13-33(28-35)37-17-9-19-43-45(37)41-16-6-7-18-42(41)48-43/h1-29H. The quantitative estimate of drug-likeness (QED) is 0.178. The van der Waals surface area contributed by atoms with Gasteiger partial charge in [-0.2, -0.15) is 0 Å². The van der Waals surface area contributed by atoms with Crippen LogP contribution in [0, 0.1) is 0 Å². The maximum Gasteiger partial charge on any atom is 0.0476 e. The van der Waals surface area contributed by atoms with Crippen molar-refractivity contribution >= 4 is 90.9 Å². The molecule has 0 saturated heterocycles. The van der Waals surface area contributed by atoms with Crippen molar-refractivity contribution in [2.75, 3.05) is 4.90 Å². The van der Waals surface area contributed by atoms with Gasteiger partial charge >= 0.3 is 0 Å². The van der Waals surface area contributed by atoms with Crippen LogP contribution in [0.4, 0.5) is 17.1 Å². The molecule has 0 saturated carbocycles. The zero-order chi connectivity index (χ0) is 32.3. The molecule has 0 spiro atoms. The van der Waals surface area contributed by atoms with E-state index in [2.05, 4.69) is 181 Å². The molecule has 10 aromatic rings. The third-order valence-corrected chi connectivity index (χ3v) is 12.0. The van der Waals surface area contributed by atoms with Gasteiger partial charge in [0, 0.05) is 57.4 Å². The van der Waals surface area contributed by atoms with E-state index in [1.807, 2.05) is 22.7 Å². The van der Waals surface area contributed by atoms with Crippen LogP contribution in [0.5, 0.6) is 0 Å². The number of thiophene rings is 2. The molecule has 49 heavy (non-hydrogen) atoms. The minimum absolute atomic E-state index is 1.13. The van der Waals surface area contributed by atoms with Crippen LogP contribution in [0.15, 0.2) is 176 Å². The SMILES string of the molecule is c1ccc(-c2ccc(N(c3cccc(-c4cccc5sc6ccccc6c45)c3)c3ccc4c(c3)sc3c5ccccc5ccc43)cc2)cc1. The Bertz CT molecular complexity index is 2830. The van der Waals surface area contributed by atoms with Crippen molar-refractivity contribution in [3.05, 3.63) is 176 Å². The highest BCUT2D eigenvalue weighted by molar-refractivity contribution is 7.27. The highest BCUT2D eigenvalue weighted by Gasteiger charge is 2.18. The summed E-state index contributed by atoms with van der Waals surface area (Å²) in [6.07, 6.45) is 0. The Morgan fingerprint density at radius 2 is 1.02 bits per heavy atom. The van der Waals surface area contributed by atoms with Gasteiger partial charge in [0.2, 0.25) is 0 Å². The van der Waals surface area contributed by atoms with Gasteiger partial charge in [-0.1, -0.05) is 127 Å². The van der Waals surface area contributed by atoms with Crippen molar-refractivity contribution in [2.24, 2.45) is 0 Å². The van der Waals surface area contributed by atoms with Crippen molar-refractivity contribution < 1.29 is 0 Å². The molecule has 1 nitrogen and oxygen atoms in total. The summed E-state index contributed by atoms with van der Waals surface area (Å²) in [4.78, 5) is 2.41. The zero-order valence-corrected chi connectivity index (χ0v) is 28.1. The first-order valence-electron chi connectivity index (χ1n) is 16.6. The van der Waals surface area contributed by atoms with Crippen LogP contribution in [0.25, 0.3) is 73.4 Å². The zero-order valence-electron chi connectivity index (χ0n) is 26.5. The number of rotatable bonds is 5. The highest BCUT2D eigenvalue weighted by Crippen LogP contribution is 2.45. The largest absolute Gasteiger partial charge is 0.310 e. The molecule has 2 heterocycles. The van der Waals surface area contributed by atoms with Crippen molar-refractivity contribution in [1.29, 1.82) is 0 Å². The Labute approximate surface area is 292 Å². The van der Waals surface area contributed by atoms with Gasteiger partial charge in [-0.25, -0.2) is 0 Å². The second kappa shape index (κ2) is 11.5. The fourth-order valence-electron chi connectivity index (χ4n) is 7.34. The number of benzene rings is 8. The van der Waals surface area contributed by atoms with Gasteiger partial charge in [0.25, 0.3) is 0 Å². The number of anilines is 3. The van der Waals surface area contributed by atoms with Gasteiger partial charge < -0.3 is 4.90 Å². The first-order valence-corrected chi connectivity index (χ1v) is 18.2. The Morgan fingerprint density at radius 1 is 0.347 bits per heavy atom. The van der Waals surface area contributed by atoms with Gasteiger partial charge in [-0.15, -0.1) is 22.7 Å². The second-order valence-electron chi connectivity index (χ2n) is 12.5. The molecule has 230 valence electrons. The Kier molecular flexibility index (Phi) is 6.61. The molecule has 0 radical (unpaired) electrons. The van der Waals surface area contributed by atoms with E-state index in [4.69, 9.17) is 0 Å². The van der Waals surface area contributed by atoms with Crippen LogP contribution in [0.1, 0.15) is 0 Å². The minimum Gasteiger partial charge on any atom is -0.310 e. The van der Waals surface area contributed by atoms with Crippen LogP contribution < -0.4 is 4.90 Å². The normalized spacial score (nSPS) is 11.7. The van der Waals surface area contributed by atoms with Gasteiger partial charge in [0.1, 0.15) is 0 Å². The van der Waals surface area contributed by atoms with Crippen LogP contribution in [-0.4, -0.2) is 0 Å². The van der Waals surface area contributed by atoms with E-state index >= 15 is 0 Å². The Balaban J connectivity index is 1.16. The van der Waals surface area contributed by atoms with E-state index in [0.717, 1.165) is 17.1 Å². The molecular formula is C46H29NS2. The lowest BCUT2D eigenvalue weighted by molar-refractivity contribution is 1.29. The average molecular weight is 660 g/mol. The average Bonchev–Trinajstić information content (AvgIpc) is 3.74. The van der Waals surface area contributed by atoms with Gasteiger partial charge in [0.15, 0.2) is 0 Å². The summed E-state index contributed by atoms with van der Waals surface area (Å²) >= 11 is 3.76. The van der Waals surface area contributed by atoms with Crippen LogP contribution in [-0.2, 0) is 0 Å². The van der Waals surface area contributed by atoms with E-state index in [1.54, 1.807) is 0 Å². The molecule has 0 bridgehead atoms. The molecule has 0 amide bonds. The third-order valence-electron chi connectivity index (χ3n) is 9.66. The molecule has 0 atom stereocenters. The van der Waals surface area contributed by atoms with Crippen LogP contribution >= 0.6 is 22.7 Å². The van der Waals surface area contributed by atoms with Crippen molar-refractivity contribution in [2.45, 2.75) is 0 Å². The first-order chi connectivity index (χ1) is 24.3. The predicted octanol–water partition coefficient (Wildman–Crippen LogP) is 14.4. The summed E-state index contributed by atoms with van der Waals surface area (Å²) in [5.41, 5.74) is 8.31. The predicted molar refractivity (Wildman–Crippen MR) is 215 cm³/mol. The van der Waals surface area contributed by atoms with Crippen molar-refractivity contribution in [1.82, 2.24) is 0 Å². The fourth-order valence-corrected chi connectivity index (χ4v) is 9.74. The maximum atomic E-state index is 2.41. The molecule has 0 fully saturated rings. The number of hydrogen-bond acceptors (Lipinski definition) is 3. The molecular weight excluding hydrogens is 631 g/mol. The molecule has 2 aromatic heterocycles. The molecule has 10 rings (SSSR count). The van der Waals surface area contributed by atoms with Gasteiger partial charge in [-0.3, -0.25) is 0 Å². The van der Waals surface area contributed by atoms with E-state index in [-0.39, 0.29) is 0 Å². The molecule has 0 aliphatic rings. The summed E-state index contributed by atoms with van der Waals surface area (Å²) in [6, 6.07) is 64.4. The van der Waals surface area contributed by atoms with Crippen molar-refractivity contribution in [3.63, 3.8) is 0 Å². The minimum atomic E-state index is 1.13. The number of fused-ring (bicyclic) bond motifs is 8. The Morgan fingerprint density at radius 3 is 1.92 bits per heavy atom. The topological polar surface area (TPSA) is 3.24 Å². The molecule has 8 aromatic carbocycles. The lowest BCUT2D eigenvalue weighted by Gasteiger charge is -2.26. The first kappa shape index (κ1) is 28.3. The Hall–Kier alpha value is -5.74. The number of hydrogen-bond donors (Lipinski definition) is 0. The van der Waals surface area contributed by atoms with E-state index in [1.165, 1.54) is 73.4 Å². The van der Waals surface area contributed by atoms with Gasteiger partial charge in [-0.05, 0) is 81.6 Å². The van der Waals surface area contributed by atoms with Crippen molar-refractivity contribution in [3.8, 4) is 22.3 Å². The second-order valence-corrected chi connectivity index (χ2v) is 14.7. The molecule has 0 unspecified atom stereocenters. The van der Waals surface area contributed by atoms with Crippen LogP contribution in [0.2, 0.25) is 0 Å². The van der Waals surface area contributed by atoms with Gasteiger partial charge in [0.05, 0.1) is 0 Å². The maximum absolute atomic E-state index is 2.41. The smallest absolute Gasteiger partial charge is 0.0476 e. The fraction of sp³-hybridized carbons (Fsp3) is 0. The molecule has 3 heteroatoms. The highest BCUT2D eigenvalue weighted by atomic mass is 32.1. The monoisotopic (exact) mass is 659 g/mol. The summed E-state index contributed by atoms with van der Waals surface area (Å²) in [7, 11) is 0. The molecule has 0 aliphatic heterocycles. The summed E-state index contributed by atoms with van der Waals surface area (Å²) in [5, 5.41) is 7.88. The van der Waals surface area contributed by atoms with Crippen LogP contribution in [0.3, 0.4) is 0 Å². The summed E-state index contributed by atoms with van der Waals surface area (Å²) in [5.74, 6) is 0. The molecule has 0 N–H and O–H groups in total. The summed E-state index contributed by atoms with van der Waals surface area (Å²) in [6.45, 7) is 0. The molecule has 0 aliphatic carbocycles. The van der Waals surface area contributed by atoms with E-state index in [9.17, 15) is 0 Å². The third kappa shape index (κ3) is 4.74. The summed E-state index contributed by atoms with van der Waals surface area (Å²) < 4.78 is 5.29. The lowest BCUT2D eigenvalue weighted by atomic mass is 9.98. The van der Waals surface area contributed by atoms with E-state index in [0.29, 0.717) is 0 Å². The lowest BCUT2D eigenvalue weighted by Crippen LogP contribution is -2.10. The number of nitrogens with zero attached hydrogens (tertiary/aromatic N) is 1.